The van der Waals surface area contributed by atoms with Gasteiger partial charge in [-0.05, 0) is 25.7 Å². The summed E-state index contributed by atoms with van der Waals surface area (Å²) in [5.41, 5.74) is 0. The lowest BCUT2D eigenvalue weighted by Crippen LogP contribution is -2.07. The average Bonchev–Trinajstić information content (AvgIpc) is 2.80. The molecular formula is C22H32O11. The van der Waals surface area contributed by atoms with E-state index in [-0.39, 0.29) is 63.6 Å². The number of hydrogen-bond donors (Lipinski definition) is 3. The quantitative estimate of drug-likeness (QED) is 0.107. The molecule has 0 bridgehead atoms. The molecule has 0 saturated heterocycles. The van der Waals surface area contributed by atoms with Crippen LogP contribution in [0.1, 0.15) is 51.4 Å². The number of rotatable bonds is 13. The standard InChI is InChI=1S/C14H18O6.C8H14O5/c15-9-3-5-11-19-13(17)7-1-2-8-14(18)20-12-6-4-10-16;1-12-7(10)4-2-3-5-8(11)13-6-9/h15-16H,1-2,7-12H2;9H,2-6H2,1H3. The maximum Gasteiger partial charge on any atom is 0.307 e. The Hall–Kier alpha value is -3.12. The summed E-state index contributed by atoms with van der Waals surface area (Å²) in [6.07, 6.45) is 3.13. The van der Waals surface area contributed by atoms with E-state index in [1.165, 1.54) is 7.11 Å². The normalized spacial score (nSPS) is 8.97. The second-order valence-corrected chi connectivity index (χ2v) is 5.98. The molecule has 186 valence electrons. The zero-order chi connectivity index (χ0) is 25.2. The van der Waals surface area contributed by atoms with E-state index in [0.717, 1.165) is 0 Å². The third-order valence-corrected chi connectivity index (χ3v) is 3.50. The van der Waals surface area contributed by atoms with Crippen LogP contribution in [0.25, 0.3) is 0 Å². The van der Waals surface area contributed by atoms with Crippen LogP contribution >= 0.6 is 0 Å². The molecule has 0 aliphatic carbocycles. The molecule has 0 rings (SSSR count). The summed E-state index contributed by atoms with van der Waals surface area (Å²) in [6.45, 7) is -1.18. The minimum absolute atomic E-state index is 0.0367. The fourth-order valence-corrected chi connectivity index (χ4v) is 1.91. The lowest BCUT2D eigenvalue weighted by atomic mass is 10.2. The van der Waals surface area contributed by atoms with Crippen LogP contribution in [-0.4, -0.2) is 79.5 Å². The van der Waals surface area contributed by atoms with Crippen LogP contribution in [0.4, 0.5) is 0 Å². The van der Waals surface area contributed by atoms with Gasteiger partial charge in [0.15, 0.2) is 20.0 Å². The van der Waals surface area contributed by atoms with Crippen LogP contribution in [0, 0.1) is 23.7 Å². The number of unbranched alkanes of at least 4 members (excludes halogenated alkanes) is 2. The van der Waals surface area contributed by atoms with Gasteiger partial charge in [0.25, 0.3) is 0 Å². The van der Waals surface area contributed by atoms with Crippen molar-refractivity contribution >= 4 is 23.9 Å². The molecule has 11 heteroatoms. The first-order chi connectivity index (χ1) is 15.9. The number of methoxy groups -OCH3 is 1. The molecule has 0 radical (unpaired) electrons. The molecule has 11 nitrogen and oxygen atoms in total. The highest BCUT2D eigenvalue weighted by Gasteiger charge is 2.05. The van der Waals surface area contributed by atoms with Crippen LogP contribution in [0.3, 0.4) is 0 Å². The van der Waals surface area contributed by atoms with Crippen LogP contribution in [0.5, 0.6) is 0 Å². The molecule has 0 heterocycles. The summed E-state index contributed by atoms with van der Waals surface area (Å²) < 4.78 is 18.2. The Labute approximate surface area is 193 Å². The fourth-order valence-electron chi connectivity index (χ4n) is 1.91. The van der Waals surface area contributed by atoms with Gasteiger partial charge in [-0.25, -0.2) is 0 Å². The van der Waals surface area contributed by atoms with Crippen molar-refractivity contribution in [3.05, 3.63) is 0 Å². The lowest BCUT2D eigenvalue weighted by molar-refractivity contribution is -0.152. The van der Waals surface area contributed by atoms with Gasteiger partial charge < -0.3 is 34.3 Å². The van der Waals surface area contributed by atoms with Crippen molar-refractivity contribution in [3.63, 3.8) is 0 Å². The van der Waals surface area contributed by atoms with Gasteiger partial charge in [0.2, 0.25) is 0 Å². The third kappa shape index (κ3) is 26.8. The van der Waals surface area contributed by atoms with Gasteiger partial charge in [-0.1, -0.05) is 23.7 Å². The topological polar surface area (TPSA) is 166 Å². The second-order valence-electron chi connectivity index (χ2n) is 5.98. The van der Waals surface area contributed by atoms with Crippen LogP contribution in [0.2, 0.25) is 0 Å². The minimum Gasteiger partial charge on any atom is -0.469 e. The monoisotopic (exact) mass is 472 g/mol. The van der Waals surface area contributed by atoms with E-state index >= 15 is 0 Å². The van der Waals surface area contributed by atoms with Crippen molar-refractivity contribution in [1.29, 1.82) is 0 Å². The number of aliphatic hydroxyl groups is 3. The second kappa shape index (κ2) is 25.1. The molecule has 0 aliphatic heterocycles. The predicted octanol–water partition coefficient (Wildman–Crippen LogP) is -0.163. The smallest absolute Gasteiger partial charge is 0.307 e. The Bertz CT molecular complexity index is 640. The molecular weight excluding hydrogens is 440 g/mol. The average molecular weight is 472 g/mol. The van der Waals surface area contributed by atoms with Crippen molar-refractivity contribution < 1.29 is 53.4 Å². The Morgan fingerprint density at radius 2 is 0.939 bits per heavy atom. The van der Waals surface area contributed by atoms with Crippen molar-refractivity contribution in [2.75, 3.05) is 40.3 Å². The maximum atomic E-state index is 11.2. The van der Waals surface area contributed by atoms with E-state index in [9.17, 15) is 19.2 Å². The van der Waals surface area contributed by atoms with Crippen molar-refractivity contribution in [2.45, 2.75) is 51.4 Å². The first-order valence-corrected chi connectivity index (χ1v) is 10.2. The maximum absolute atomic E-state index is 11.2. The Morgan fingerprint density at radius 1 is 0.576 bits per heavy atom. The molecule has 0 aromatic rings. The van der Waals surface area contributed by atoms with Crippen LogP contribution in [-0.2, 0) is 38.1 Å². The van der Waals surface area contributed by atoms with Gasteiger partial charge in [0.1, 0.15) is 13.2 Å². The number of hydrogen-bond acceptors (Lipinski definition) is 11. The largest absolute Gasteiger partial charge is 0.469 e. The molecule has 3 N–H and O–H groups in total. The number of carbonyl (C=O) groups excluding carboxylic acids is 4. The summed E-state index contributed by atoms with van der Waals surface area (Å²) >= 11 is 0. The van der Waals surface area contributed by atoms with Gasteiger partial charge in [-0.2, -0.15) is 0 Å². The fraction of sp³-hybridized carbons (Fsp3) is 0.636. The molecule has 0 unspecified atom stereocenters. The zero-order valence-electron chi connectivity index (χ0n) is 18.8. The summed E-state index contributed by atoms with van der Waals surface area (Å²) in [6, 6.07) is 0. The van der Waals surface area contributed by atoms with Crippen molar-refractivity contribution in [2.24, 2.45) is 0 Å². The number of esters is 4. The van der Waals surface area contributed by atoms with Crippen molar-refractivity contribution in [3.8, 4) is 23.7 Å². The van der Waals surface area contributed by atoms with E-state index < -0.39 is 12.8 Å². The van der Waals surface area contributed by atoms with Crippen LogP contribution in [0.15, 0.2) is 0 Å². The van der Waals surface area contributed by atoms with E-state index in [1.807, 2.05) is 0 Å². The van der Waals surface area contributed by atoms with E-state index in [4.69, 9.17) is 24.8 Å². The highest BCUT2D eigenvalue weighted by Crippen LogP contribution is 2.03. The first kappa shape index (κ1) is 32.1. The van der Waals surface area contributed by atoms with Gasteiger partial charge in [0, 0.05) is 25.7 Å². The van der Waals surface area contributed by atoms with E-state index in [0.29, 0.717) is 32.1 Å². The van der Waals surface area contributed by atoms with Crippen molar-refractivity contribution in [1.82, 2.24) is 0 Å². The summed E-state index contributed by atoms with van der Waals surface area (Å²) in [5.74, 6) is 8.12. The predicted molar refractivity (Wildman–Crippen MR) is 114 cm³/mol. The van der Waals surface area contributed by atoms with E-state index in [1.54, 1.807) is 0 Å². The van der Waals surface area contributed by atoms with Gasteiger partial charge in [-0.3, -0.25) is 19.2 Å². The van der Waals surface area contributed by atoms with Gasteiger partial charge >= 0.3 is 23.9 Å². The molecule has 0 fully saturated rings. The molecule has 0 spiro atoms. The summed E-state index contributed by atoms with van der Waals surface area (Å²) in [4.78, 5) is 43.6. The molecule has 0 atom stereocenters. The Kier molecular flexibility index (Phi) is 24.4. The molecule has 33 heavy (non-hydrogen) atoms. The summed E-state index contributed by atoms with van der Waals surface area (Å²) in [5, 5.41) is 24.9. The number of ether oxygens (including phenoxy) is 4. The molecule has 0 saturated carbocycles. The number of carbonyl (C=O) groups is 4. The molecule has 0 aromatic carbocycles. The van der Waals surface area contributed by atoms with E-state index in [2.05, 4.69) is 33.2 Å². The SMILES string of the molecule is COC(=O)CCCCC(=O)OCO.O=C(CCCCC(=O)OCC#CCO)OCC#CCO. The Morgan fingerprint density at radius 3 is 1.27 bits per heavy atom. The molecule has 0 aliphatic rings. The minimum atomic E-state index is -0.587. The van der Waals surface area contributed by atoms with Crippen LogP contribution < -0.4 is 0 Å². The Balaban J connectivity index is 0. The highest BCUT2D eigenvalue weighted by atomic mass is 16.6. The lowest BCUT2D eigenvalue weighted by Gasteiger charge is -2.02. The molecule has 0 aromatic heterocycles. The van der Waals surface area contributed by atoms with Gasteiger partial charge in [-0.15, -0.1) is 0 Å². The third-order valence-electron chi connectivity index (χ3n) is 3.50. The van der Waals surface area contributed by atoms with Gasteiger partial charge in [0.05, 0.1) is 7.11 Å². The first-order valence-electron chi connectivity index (χ1n) is 10.2. The zero-order valence-corrected chi connectivity index (χ0v) is 18.8. The highest BCUT2D eigenvalue weighted by molar-refractivity contribution is 5.71. The summed E-state index contributed by atoms with van der Waals surface area (Å²) in [7, 11) is 1.32. The number of aliphatic hydroxyl groups excluding tert-OH is 3. The molecule has 0 amide bonds.